The number of rotatable bonds is 2. The van der Waals surface area contributed by atoms with E-state index >= 15 is 0 Å². The van der Waals surface area contributed by atoms with Crippen LogP contribution in [0.25, 0.3) is 0 Å². The van der Waals surface area contributed by atoms with Gasteiger partial charge in [0.05, 0.1) is 17.9 Å². The SMILES string of the molecule is CCOC(=O)c1c(C)cc(=O)n(N)c1C. The van der Waals surface area contributed by atoms with Crippen LogP contribution in [0.4, 0.5) is 0 Å². The van der Waals surface area contributed by atoms with Crippen molar-refractivity contribution in [2.75, 3.05) is 12.4 Å². The molecule has 1 rings (SSSR count). The fourth-order valence-corrected chi connectivity index (χ4v) is 1.41. The van der Waals surface area contributed by atoms with Crippen LogP contribution >= 0.6 is 0 Å². The van der Waals surface area contributed by atoms with E-state index in [1.807, 2.05) is 0 Å². The fourth-order valence-electron chi connectivity index (χ4n) is 1.41. The first-order chi connectivity index (χ1) is 6.99. The van der Waals surface area contributed by atoms with E-state index in [-0.39, 0.29) is 5.56 Å². The number of carbonyl (C=O) groups excluding carboxylic acids is 1. The van der Waals surface area contributed by atoms with Crippen LogP contribution in [-0.4, -0.2) is 17.3 Å². The third-order valence-corrected chi connectivity index (χ3v) is 2.17. The van der Waals surface area contributed by atoms with E-state index in [0.29, 0.717) is 23.4 Å². The van der Waals surface area contributed by atoms with E-state index in [2.05, 4.69) is 0 Å². The Morgan fingerprint density at radius 2 is 2.13 bits per heavy atom. The Hall–Kier alpha value is -1.78. The highest BCUT2D eigenvalue weighted by molar-refractivity contribution is 5.92. The minimum Gasteiger partial charge on any atom is -0.462 e. The average Bonchev–Trinajstić information content (AvgIpc) is 2.15. The van der Waals surface area contributed by atoms with E-state index < -0.39 is 5.97 Å². The van der Waals surface area contributed by atoms with Crippen molar-refractivity contribution in [3.63, 3.8) is 0 Å². The van der Waals surface area contributed by atoms with Crippen molar-refractivity contribution in [3.8, 4) is 0 Å². The van der Waals surface area contributed by atoms with Crippen molar-refractivity contribution in [1.82, 2.24) is 4.68 Å². The van der Waals surface area contributed by atoms with Crippen LogP contribution in [0, 0.1) is 13.8 Å². The molecule has 0 aliphatic heterocycles. The van der Waals surface area contributed by atoms with Gasteiger partial charge >= 0.3 is 5.97 Å². The van der Waals surface area contributed by atoms with Gasteiger partial charge in [-0.3, -0.25) is 4.79 Å². The second kappa shape index (κ2) is 4.16. The highest BCUT2D eigenvalue weighted by Crippen LogP contribution is 2.11. The zero-order valence-electron chi connectivity index (χ0n) is 9.03. The molecule has 15 heavy (non-hydrogen) atoms. The van der Waals surface area contributed by atoms with Gasteiger partial charge in [0.1, 0.15) is 0 Å². The third kappa shape index (κ3) is 2.01. The molecule has 1 aromatic heterocycles. The molecule has 1 heterocycles. The van der Waals surface area contributed by atoms with Crippen molar-refractivity contribution >= 4 is 5.97 Å². The van der Waals surface area contributed by atoms with Gasteiger partial charge in [-0.05, 0) is 26.3 Å². The molecule has 5 nitrogen and oxygen atoms in total. The molecule has 1 aromatic rings. The molecular formula is C10H14N2O3. The van der Waals surface area contributed by atoms with Crippen LogP contribution in [0.3, 0.4) is 0 Å². The second-order valence-corrected chi connectivity index (χ2v) is 3.22. The number of nitrogens with two attached hydrogens (primary N) is 1. The number of nitrogen functional groups attached to an aromatic ring is 1. The number of esters is 1. The lowest BCUT2D eigenvalue weighted by Gasteiger charge is -2.11. The van der Waals surface area contributed by atoms with Crippen molar-refractivity contribution in [3.05, 3.63) is 33.2 Å². The Bertz CT molecular complexity index is 449. The van der Waals surface area contributed by atoms with Gasteiger partial charge in [0.2, 0.25) is 0 Å². The summed E-state index contributed by atoms with van der Waals surface area (Å²) in [5.41, 5.74) is 1.02. The van der Waals surface area contributed by atoms with Crippen LogP contribution in [0.5, 0.6) is 0 Å². The first-order valence-corrected chi connectivity index (χ1v) is 4.64. The molecule has 0 aliphatic carbocycles. The van der Waals surface area contributed by atoms with Crippen molar-refractivity contribution in [2.24, 2.45) is 0 Å². The molecule has 0 fully saturated rings. The summed E-state index contributed by atoms with van der Waals surface area (Å²) in [5.74, 6) is 5.03. The summed E-state index contributed by atoms with van der Waals surface area (Å²) < 4.78 is 5.82. The summed E-state index contributed by atoms with van der Waals surface area (Å²) in [5, 5.41) is 0. The number of aromatic nitrogens is 1. The van der Waals surface area contributed by atoms with Gasteiger partial charge in [-0.2, -0.15) is 0 Å². The monoisotopic (exact) mass is 210 g/mol. The molecule has 0 radical (unpaired) electrons. The van der Waals surface area contributed by atoms with Crippen LogP contribution in [0.15, 0.2) is 10.9 Å². The molecule has 5 heteroatoms. The number of carbonyl (C=O) groups is 1. The van der Waals surface area contributed by atoms with Crippen molar-refractivity contribution in [2.45, 2.75) is 20.8 Å². The average molecular weight is 210 g/mol. The molecule has 0 spiro atoms. The Morgan fingerprint density at radius 1 is 1.53 bits per heavy atom. The Balaban J connectivity index is 3.36. The summed E-state index contributed by atoms with van der Waals surface area (Å²) in [6, 6.07) is 1.32. The quantitative estimate of drug-likeness (QED) is 0.564. The van der Waals surface area contributed by atoms with Gasteiger partial charge in [-0.1, -0.05) is 0 Å². The minimum atomic E-state index is -0.452. The summed E-state index contributed by atoms with van der Waals surface area (Å²) >= 11 is 0. The third-order valence-electron chi connectivity index (χ3n) is 2.17. The lowest BCUT2D eigenvalue weighted by molar-refractivity contribution is 0.0523. The van der Waals surface area contributed by atoms with Gasteiger partial charge in [0.15, 0.2) is 0 Å². The first kappa shape index (κ1) is 11.3. The summed E-state index contributed by atoms with van der Waals surface area (Å²) in [6.45, 7) is 5.31. The number of aryl methyl sites for hydroxylation is 1. The topological polar surface area (TPSA) is 74.3 Å². The Morgan fingerprint density at radius 3 is 2.67 bits per heavy atom. The zero-order chi connectivity index (χ0) is 11.6. The van der Waals surface area contributed by atoms with E-state index in [9.17, 15) is 9.59 Å². The van der Waals surface area contributed by atoms with Gasteiger partial charge in [0.25, 0.3) is 5.56 Å². The highest BCUT2D eigenvalue weighted by atomic mass is 16.5. The molecule has 0 bridgehead atoms. The number of hydrogen-bond acceptors (Lipinski definition) is 4. The molecule has 0 aliphatic rings. The van der Waals surface area contributed by atoms with Crippen LogP contribution < -0.4 is 11.4 Å². The molecule has 0 saturated heterocycles. The smallest absolute Gasteiger partial charge is 0.340 e. The molecule has 0 aromatic carbocycles. The molecule has 82 valence electrons. The standard InChI is InChI=1S/C10H14N2O3/c1-4-15-10(14)9-6(2)5-8(13)12(11)7(9)3/h5H,4,11H2,1-3H3. The maximum atomic E-state index is 11.6. The highest BCUT2D eigenvalue weighted by Gasteiger charge is 2.16. The van der Waals surface area contributed by atoms with Crippen molar-refractivity contribution < 1.29 is 9.53 Å². The molecule has 0 unspecified atom stereocenters. The van der Waals surface area contributed by atoms with E-state index in [4.69, 9.17) is 10.6 Å². The van der Waals surface area contributed by atoms with Crippen LogP contribution in [0.2, 0.25) is 0 Å². The van der Waals surface area contributed by atoms with Gasteiger partial charge in [-0.25, -0.2) is 9.47 Å². The van der Waals surface area contributed by atoms with E-state index in [1.54, 1.807) is 20.8 Å². The van der Waals surface area contributed by atoms with Gasteiger partial charge < -0.3 is 10.6 Å². The summed E-state index contributed by atoms with van der Waals surface area (Å²) in [6.07, 6.45) is 0. The Kier molecular flexibility index (Phi) is 3.14. The van der Waals surface area contributed by atoms with Gasteiger partial charge in [0, 0.05) is 6.07 Å². The number of ether oxygens (including phenoxy) is 1. The van der Waals surface area contributed by atoms with E-state index in [0.717, 1.165) is 4.68 Å². The second-order valence-electron chi connectivity index (χ2n) is 3.22. The summed E-state index contributed by atoms with van der Waals surface area (Å²) in [4.78, 5) is 22.8. The first-order valence-electron chi connectivity index (χ1n) is 4.64. The number of nitrogens with zero attached hydrogens (tertiary/aromatic N) is 1. The molecule has 0 saturated carbocycles. The molecule has 0 atom stereocenters. The van der Waals surface area contributed by atoms with Crippen molar-refractivity contribution in [1.29, 1.82) is 0 Å². The van der Waals surface area contributed by atoms with E-state index in [1.165, 1.54) is 6.07 Å². The number of pyridine rings is 1. The lowest BCUT2D eigenvalue weighted by atomic mass is 10.1. The minimum absolute atomic E-state index is 0.293. The predicted octanol–water partition coefficient (Wildman–Crippen LogP) is 0.356. The molecule has 2 N–H and O–H groups in total. The maximum absolute atomic E-state index is 11.6. The van der Waals surface area contributed by atoms with Gasteiger partial charge in [-0.15, -0.1) is 0 Å². The fraction of sp³-hybridized carbons (Fsp3) is 0.400. The van der Waals surface area contributed by atoms with Crippen LogP contribution in [-0.2, 0) is 4.74 Å². The lowest BCUT2D eigenvalue weighted by Crippen LogP contribution is -2.31. The predicted molar refractivity (Wildman–Crippen MR) is 56.3 cm³/mol. The molecular weight excluding hydrogens is 196 g/mol. The maximum Gasteiger partial charge on any atom is 0.340 e. The molecule has 0 amide bonds. The summed E-state index contributed by atoms with van der Waals surface area (Å²) in [7, 11) is 0. The zero-order valence-corrected chi connectivity index (χ0v) is 9.03. The van der Waals surface area contributed by atoms with Crippen LogP contribution in [0.1, 0.15) is 28.5 Å². The number of hydrogen-bond donors (Lipinski definition) is 1. The Labute approximate surface area is 87.4 Å². The normalized spacial score (nSPS) is 10.1. The largest absolute Gasteiger partial charge is 0.462 e.